The molecule has 64 heavy (non-hydrogen) atoms. The van der Waals surface area contributed by atoms with E-state index in [1.165, 1.54) is 129 Å². The summed E-state index contributed by atoms with van der Waals surface area (Å²) in [5.41, 5.74) is 20.2. The van der Waals surface area contributed by atoms with E-state index in [0.717, 1.165) is 0 Å². The van der Waals surface area contributed by atoms with Gasteiger partial charge in [0.05, 0.1) is 32.9 Å². The first-order valence-corrected chi connectivity index (χ1v) is 31.7. The summed E-state index contributed by atoms with van der Waals surface area (Å²) < 4.78 is 0. The Morgan fingerprint density at radius 3 is 1.55 bits per heavy atom. The van der Waals surface area contributed by atoms with Crippen LogP contribution >= 0.6 is 0 Å². The summed E-state index contributed by atoms with van der Waals surface area (Å²) in [7, 11) is -3.63. The van der Waals surface area contributed by atoms with Gasteiger partial charge in [-0.25, -0.2) is 0 Å². The van der Waals surface area contributed by atoms with Gasteiger partial charge in [0.25, 0.3) is 6.71 Å². The normalized spacial score (nSPS) is 25.9. The molecular formula is C58H66BN3Si2. The van der Waals surface area contributed by atoms with Crippen molar-refractivity contribution in [1.82, 2.24) is 0 Å². The number of rotatable bonds is 6. The minimum absolute atomic E-state index is 0.000414. The molecule has 6 aromatic carbocycles. The summed E-state index contributed by atoms with van der Waals surface area (Å²) in [5, 5.41) is 3.03. The fourth-order valence-electron chi connectivity index (χ4n) is 14.5. The second-order valence-electron chi connectivity index (χ2n) is 23.6. The SMILES string of the molecule is CC12CCCCC1(C)N1c3cc(N(c4ccccc4[Si](C)(C)C)c4ccccc4[Si](C)(C)C)cc4c3B(c3cccc2c31)c1cc(-c2ccccc2)cc2c1N4C1(C)CCCCC21C. The molecule has 0 saturated heterocycles. The topological polar surface area (TPSA) is 9.72 Å². The Hall–Kier alpha value is -4.78. The molecule has 4 unspecified atom stereocenters. The molecule has 0 amide bonds. The molecule has 2 fully saturated rings. The lowest BCUT2D eigenvalue weighted by Gasteiger charge is -2.55. The average Bonchev–Trinajstić information content (AvgIpc) is 3.62. The molecule has 4 aliphatic heterocycles. The molecule has 6 aliphatic rings. The Morgan fingerprint density at radius 1 is 0.484 bits per heavy atom. The van der Waals surface area contributed by atoms with E-state index >= 15 is 0 Å². The zero-order valence-corrected chi connectivity index (χ0v) is 42.1. The van der Waals surface area contributed by atoms with Crippen LogP contribution in [0.3, 0.4) is 0 Å². The summed E-state index contributed by atoms with van der Waals surface area (Å²) in [6, 6.07) is 48.4. The smallest absolute Gasteiger partial charge is 0.252 e. The number of hydrogen-bond donors (Lipinski definition) is 0. The molecule has 324 valence electrons. The summed E-state index contributed by atoms with van der Waals surface area (Å²) in [4.78, 5) is 8.67. The molecule has 6 heteroatoms. The maximum atomic E-state index is 2.96. The largest absolute Gasteiger partial charge is 0.335 e. The highest BCUT2D eigenvalue weighted by molar-refractivity contribution is 7.00. The molecular weight excluding hydrogens is 806 g/mol. The van der Waals surface area contributed by atoms with E-state index in [9.17, 15) is 0 Å². The molecule has 0 bridgehead atoms. The van der Waals surface area contributed by atoms with Gasteiger partial charge in [0.2, 0.25) is 0 Å². The summed E-state index contributed by atoms with van der Waals surface area (Å²) in [5.74, 6) is 0. The van der Waals surface area contributed by atoms with Crippen LogP contribution in [0.2, 0.25) is 39.3 Å². The predicted molar refractivity (Wildman–Crippen MR) is 283 cm³/mol. The molecule has 12 rings (SSSR count). The number of anilines is 7. The Morgan fingerprint density at radius 2 is 0.984 bits per heavy atom. The van der Waals surface area contributed by atoms with E-state index in [0.29, 0.717) is 0 Å². The van der Waals surface area contributed by atoms with Crippen molar-refractivity contribution in [2.24, 2.45) is 0 Å². The van der Waals surface area contributed by atoms with Crippen LogP contribution in [0.5, 0.6) is 0 Å². The van der Waals surface area contributed by atoms with Crippen LogP contribution in [0.15, 0.2) is 121 Å². The second-order valence-corrected chi connectivity index (χ2v) is 33.6. The van der Waals surface area contributed by atoms with Crippen molar-refractivity contribution in [2.75, 3.05) is 14.7 Å². The zero-order valence-electron chi connectivity index (χ0n) is 40.1. The molecule has 6 aromatic rings. The van der Waals surface area contributed by atoms with E-state index < -0.39 is 16.1 Å². The van der Waals surface area contributed by atoms with Gasteiger partial charge in [-0.3, -0.25) is 0 Å². The highest BCUT2D eigenvalue weighted by Gasteiger charge is 2.65. The first-order chi connectivity index (χ1) is 30.5. The minimum atomic E-state index is -1.81. The van der Waals surface area contributed by atoms with Crippen molar-refractivity contribution in [2.45, 2.75) is 140 Å². The van der Waals surface area contributed by atoms with Crippen LogP contribution in [0.25, 0.3) is 11.1 Å². The van der Waals surface area contributed by atoms with Crippen molar-refractivity contribution in [3.8, 4) is 11.1 Å². The average molecular weight is 872 g/mol. The van der Waals surface area contributed by atoms with Crippen LogP contribution in [0.1, 0.15) is 90.2 Å². The Bertz CT molecular complexity index is 2860. The van der Waals surface area contributed by atoms with Gasteiger partial charge in [-0.15, -0.1) is 0 Å². The van der Waals surface area contributed by atoms with Gasteiger partial charge in [-0.2, -0.15) is 0 Å². The van der Waals surface area contributed by atoms with Gasteiger partial charge in [0.1, 0.15) is 0 Å². The maximum Gasteiger partial charge on any atom is 0.252 e. The third-order valence-corrected chi connectivity index (χ3v) is 22.3. The first kappa shape index (κ1) is 40.7. The fourth-order valence-corrected chi connectivity index (χ4v) is 17.7. The lowest BCUT2D eigenvalue weighted by atomic mass is 9.33. The highest BCUT2D eigenvalue weighted by Crippen LogP contribution is 2.65. The molecule has 4 heterocycles. The third kappa shape index (κ3) is 5.16. The Kier molecular flexibility index (Phi) is 8.53. The van der Waals surface area contributed by atoms with Gasteiger partial charge in [0, 0.05) is 45.0 Å². The molecule has 4 atom stereocenters. The molecule has 2 saturated carbocycles. The van der Waals surface area contributed by atoms with E-state index in [1.54, 1.807) is 11.1 Å². The first-order valence-electron chi connectivity index (χ1n) is 24.7. The van der Waals surface area contributed by atoms with Crippen molar-refractivity contribution in [3.05, 3.63) is 132 Å². The molecule has 3 nitrogen and oxygen atoms in total. The van der Waals surface area contributed by atoms with E-state index in [4.69, 9.17) is 0 Å². The molecule has 2 aliphatic carbocycles. The number of hydrogen-bond acceptors (Lipinski definition) is 3. The van der Waals surface area contributed by atoms with Gasteiger partial charge >= 0.3 is 0 Å². The van der Waals surface area contributed by atoms with Crippen LogP contribution in [0, 0.1) is 0 Å². The van der Waals surface area contributed by atoms with Gasteiger partial charge in [-0.1, -0.05) is 170 Å². The lowest BCUT2D eigenvalue weighted by Crippen LogP contribution is -2.66. The van der Waals surface area contributed by atoms with Crippen molar-refractivity contribution in [3.63, 3.8) is 0 Å². The highest BCUT2D eigenvalue weighted by atomic mass is 28.3. The van der Waals surface area contributed by atoms with Gasteiger partial charge in [0.15, 0.2) is 0 Å². The quantitative estimate of drug-likeness (QED) is 0.154. The van der Waals surface area contributed by atoms with Crippen LogP contribution in [-0.4, -0.2) is 33.9 Å². The molecule has 0 N–H and O–H groups in total. The summed E-state index contributed by atoms with van der Waals surface area (Å²) >= 11 is 0. The van der Waals surface area contributed by atoms with Crippen LogP contribution in [0.4, 0.5) is 39.8 Å². The van der Waals surface area contributed by atoms with E-state index in [2.05, 4.69) is 203 Å². The van der Waals surface area contributed by atoms with Crippen LogP contribution < -0.4 is 41.5 Å². The summed E-state index contributed by atoms with van der Waals surface area (Å²) in [6.45, 7) is 25.9. The van der Waals surface area contributed by atoms with Crippen molar-refractivity contribution in [1.29, 1.82) is 0 Å². The van der Waals surface area contributed by atoms with E-state index in [1.807, 2.05) is 0 Å². The van der Waals surface area contributed by atoms with Gasteiger partial charge < -0.3 is 14.7 Å². The number of benzene rings is 6. The fraction of sp³-hybridized carbons (Fsp3) is 0.379. The third-order valence-electron chi connectivity index (χ3n) is 18.2. The molecule has 0 radical (unpaired) electrons. The molecule has 0 aromatic heterocycles. The number of para-hydroxylation sites is 3. The molecule has 0 spiro atoms. The second kappa shape index (κ2) is 13.4. The predicted octanol–water partition coefficient (Wildman–Crippen LogP) is 12.5. The van der Waals surface area contributed by atoms with Crippen molar-refractivity contribution >= 4 is 89.4 Å². The monoisotopic (exact) mass is 871 g/mol. The Balaban J connectivity index is 1.24. The number of nitrogens with zero attached hydrogens (tertiary/aromatic N) is 3. The van der Waals surface area contributed by atoms with Crippen molar-refractivity contribution < 1.29 is 0 Å². The number of fused-ring (bicyclic) bond motifs is 10. The summed E-state index contributed by atoms with van der Waals surface area (Å²) in [6.07, 6.45) is 9.91. The lowest BCUT2D eigenvalue weighted by molar-refractivity contribution is 0.194. The van der Waals surface area contributed by atoms with Crippen LogP contribution in [-0.2, 0) is 10.8 Å². The van der Waals surface area contributed by atoms with Gasteiger partial charge in [-0.05, 0) is 119 Å². The van der Waals surface area contributed by atoms with E-state index in [-0.39, 0.29) is 28.6 Å². The standard InChI is InChI=1S/C58H66BN3Si2/c1-55-31-18-20-33-57(55,3)61-48-37-41(60(46-27-14-16-29-50(46)63(5,6)7)47-28-15-17-30-51(47)64(8,9)10)38-49-52(48)59(44-26-22-25-42(55)53(44)61)45-36-40(39-23-12-11-13-24-39)35-43-54(45)62(49)58(4)34-21-19-32-56(43,58)2/h11-17,22-30,35-38H,18-21,31-34H2,1-10H3. The zero-order chi connectivity index (χ0) is 44.3. The minimum Gasteiger partial charge on any atom is -0.335 e. The maximum absolute atomic E-state index is 2.96. The Labute approximate surface area is 386 Å².